The van der Waals surface area contributed by atoms with Gasteiger partial charge in [0.2, 0.25) is 0 Å². The van der Waals surface area contributed by atoms with E-state index in [1.54, 1.807) is 26.0 Å². The number of hydrogen-bond donors (Lipinski definition) is 1. The Morgan fingerprint density at radius 3 is 2.58 bits per heavy atom. The lowest BCUT2D eigenvalue weighted by atomic mass is 10.1. The Morgan fingerprint density at radius 1 is 1.38 bits per heavy atom. The molecule has 134 valence electrons. The van der Waals surface area contributed by atoms with E-state index in [0.717, 1.165) is 5.56 Å². The van der Waals surface area contributed by atoms with Gasteiger partial charge in [-0.2, -0.15) is 0 Å². The monoisotopic (exact) mass is 356 g/mol. The van der Waals surface area contributed by atoms with Crippen molar-refractivity contribution >= 4 is 15.8 Å². The average molecular weight is 356 g/mol. The van der Waals surface area contributed by atoms with Gasteiger partial charge in [0.1, 0.15) is 5.25 Å². The lowest BCUT2D eigenvalue weighted by Gasteiger charge is -2.28. The molecule has 1 aliphatic rings. The van der Waals surface area contributed by atoms with E-state index in [1.165, 1.54) is 12.1 Å². The molecule has 0 spiro atoms. The van der Waals surface area contributed by atoms with E-state index < -0.39 is 32.9 Å². The summed E-state index contributed by atoms with van der Waals surface area (Å²) in [6.45, 7) is 5.50. The Bertz CT molecular complexity index is 682. The second kappa shape index (κ2) is 7.21. The van der Waals surface area contributed by atoms with E-state index >= 15 is 0 Å². The third-order valence-corrected chi connectivity index (χ3v) is 6.41. The highest BCUT2D eigenvalue weighted by Crippen LogP contribution is 2.39. The van der Waals surface area contributed by atoms with E-state index in [4.69, 9.17) is 9.47 Å². The summed E-state index contributed by atoms with van der Waals surface area (Å²) in [5.74, 6) is -2.38. The quantitative estimate of drug-likeness (QED) is 0.784. The van der Waals surface area contributed by atoms with Crippen molar-refractivity contribution < 1.29 is 27.8 Å². The summed E-state index contributed by atoms with van der Waals surface area (Å²) in [5.41, 5.74) is 0.947. The third-order valence-electron chi connectivity index (χ3n) is 4.17. The van der Waals surface area contributed by atoms with Gasteiger partial charge in [0.25, 0.3) is 0 Å². The van der Waals surface area contributed by atoms with E-state index in [9.17, 15) is 18.3 Å². The van der Waals surface area contributed by atoms with Crippen molar-refractivity contribution in [1.82, 2.24) is 0 Å². The molecule has 0 aromatic heterocycles. The second-order valence-electron chi connectivity index (χ2n) is 6.16. The summed E-state index contributed by atoms with van der Waals surface area (Å²) in [7, 11) is -3.78. The number of aryl methyl sites for hydroxylation is 1. The number of benzene rings is 1. The summed E-state index contributed by atoms with van der Waals surface area (Å²) in [5, 5.41) is 9.67. The standard InChI is InChI=1S/C17H24O6S/c1-4-22-16(18)9-10-17(19)15(11-13(3)23-17)24(20,21)14-7-5-12(2)6-8-14/h5-8,13,15,19H,4,9-11H2,1-3H3/t13-,15?,17?/m0/s1. The van der Waals surface area contributed by atoms with Crippen molar-refractivity contribution in [2.24, 2.45) is 0 Å². The molecule has 6 nitrogen and oxygen atoms in total. The van der Waals surface area contributed by atoms with Gasteiger partial charge < -0.3 is 14.6 Å². The number of carbonyl (C=O) groups excluding carboxylic acids is 1. The SMILES string of the molecule is CCOC(=O)CCC1(O)O[C@@H](C)CC1S(=O)(=O)c1ccc(C)cc1. The van der Waals surface area contributed by atoms with E-state index in [2.05, 4.69) is 0 Å². The molecule has 1 aliphatic heterocycles. The second-order valence-corrected chi connectivity index (χ2v) is 8.29. The molecule has 1 N–H and O–H groups in total. The number of rotatable bonds is 6. The van der Waals surface area contributed by atoms with Gasteiger partial charge in [-0.15, -0.1) is 0 Å². The Morgan fingerprint density at radius 2 is 2.00 bits per heavy atom. The molecule has 0 radical (unpaired) electrons. The van der Waals surface area contributed by atoms with Crippen molar-refractivity contribution in [2.45, 2.75) is 62.1 Å². The van der Waals surface area contributed by atoms with Crippen LogP contribution in [0.4, 0.5) is 0 Å². The summed E-state index contributed by atoms with van der Waals surface area (Å²) >= 11 is 0. The molecule has 24 heavy (non-hydrogen) atoms. The highest BCUT2D eigenvalue weighted by Gasteiger charge is 2.53. The maximum atomic E-state index is 12.9. The molecule has 1 fully saturated rings. The van der Waals surface area contributed by atoms with Gasteiger partial charge in [-0.1, -0.05) is 17.7 Å². The normalized spacial score (nSPS) is 27.2. The molecule has 1 aromatic rings. The molecule has 0 aliphatic carbocycles. The number of esters is 1. The highest BCUT2D eigenvalue weighted by molar-refractivity contribution is 7.92. The molecule has 2 unspecified atom stereocenters. The Labute approximate surface area is 142 Å². The van der Waals surface area contributed by atoms with Crippen LogP contribution in [0, 0.1) is 6.92 Å². The fourth-order valence-corrected chi connectivity index (χ4v) is 4.98. The minimum Gasteiger partial charge on any atom is -0.466 e. The summed E-state index contributed by atoms with van der Waals surface area (Å²) < 4.78 is 36.2. The number of hydrogen-bond acceptors (Lipinski definition) is 6. The van der Waals surface area contributed by atoms with Crippen LogP contribution in [0.1, 0.15) is 38.7 Å². The topological polar surface area (TPSA) is 89.9 Å². The van der Waals surface area contributed by atoms with Gasteiger partial charge in [-0.05, 0) is 39.3 Å². The lowest BCUT2D eigenvalue weighted by Crippen LogP contribution is -2.44. The van der Waals surface area contributed by atoms with Crippen LogP contribution in [-0.4, -0.2) is 43.2 Å². The van der Waals surface area contributed by atoms with Crippen LogP contribution < -0.4 is 0 Å². The Hall–Kier alpha value is -1.44. The predicted octanol–water partition coefficient (Wildman–Crippen LogP) is 1.98. The molecule has 0 amide bonds. The summed E-state index contributed by atoms with van der Waals surface area (Å²) in [6.07, 6.45) is -0.458. The van der Waals surface area contributed by atoms with Crippen LogP contribution in [0.15, 0.2) is 29.2 Å². The fraction of sp³-hybridized carbons (Fsp3) is 0.588. The van der Waals surface area contributed by atoms with Crippen molar-refractivity contribution in [1.29, 1.82) is 0 Å². The van der Waals surface area contributed by atoms with E-state index in [0.29, 0.717) is 0 Å². The van der Waals surface area contributed by atoms with Gasteiger partial charge in [0.05, 0.1) is 24.0 Å². The zero-order valence-electron chi connectivity index (χ0n) is 14.2. The van der Waals surface area contributed by atoms with Crippen LogP contribution in [0.2, 0.25) is 0 Å². The molecule has 1 aromatic carbocycles. The lowest BCUT2D eigenvalue weighted by molar-refractivity contribution is -0.194. The Balaban J connectivity index is 2.25. The minimum atomic E-state index is -3.78. The van der Waals surface area contributed by atoms with Crippen LogP contribution in [0.3, 0.4) is 0 Å². The third kappa shape index (κ3) is 3.96. The molecular formula is C17H24O6S. The number of ether oxygens (including phenoxy) is 2. The first-order valence-electron chi connectivity index (χ1n) is 8.05. The Kier molecular flexibility index (Phi) is 5.67. The molecular weight excluding hydrogens is 332 g/mol. The molecule has 1 heterocycles. The number of aliphatic hydroxyl groups is 1. The van der Waals surface area contributed by atoms with Gasteiger partial charge in [0, 0.05) is 6.42 Å². The molecule has 0 saturated carbocycles. The smallest absolute Gasteiger partial charge is 0.305 e. The molecule has 7 heteroatoms. The first-order chi connectivity index (χ1) is 11.2. The van der Waals surface area contributed by atoms with Crippen LogP contribution in [0.25, 0.3) is 0 Å². The largest absolute Gasteiger partial charge is 0.466 e. The van der Waals surface area contributed by atoms with Crippen molar-refractivity contribution in [3.05, 3.63) is 29.8 Å². The first-order valence-corrected chi connectivity index (χ1v) is 9.60. The predicted molar refractivity (Wildman–Crippen MR) is 88.1 cm³/mol. The highest BCUT2D eigenvalue weighted by atomic mass is 32.2. The number of carbonyl (C=O) groups is 1. The minimum absolute atomic E-state index is 0.100. The average Bonchev–Trinajstić information content (AvgIpc) is 2.82. The fourth-order valence-electron chi connectivity index (χ4n) is 2.95. The van der Waals surface area contributed by atoms with Crippen LogP contribution >= 0.6 is 0 Å². The maximum Gasteiger partial charge on any atom is 0.305 e. The zero-order valence-corrected chi connectivity index (χ0v) is 15.0. The van der Waals surface area contributed by atoms with Gasteiger partial charge in [0.15, 0.2) is 15.6 Å². The summed E-state index contributed by atoms with van der Waals surface area (Å²) in [4.78, 5) is 11.7. The van der Waals surface area contributed by atoms with E-state index in [-0.39, 0.29) is 30.8 Å². The molecule has 2 rings (SSSR count). The van der Waals surface area contributed by atoms with E-state index in [1.807, 2.05) is 6.92 Å². The molecule has 0 bridgehead atoms. The van der Waals surface area contributed by atoms with Crippen molar-refractivity contribution in [2.75, 3.05) is 6.61 Å². The van der Waals surface area contributed by atoms with Crippen molar-refractivity contribution in [3.63, 3.8) is 0 Å². The maximum absolute atomic E-state index is 12.9. The van der Waals surface area contributed by atoms with Crippen molar-refractivity contribution in [3.8, 4) is 0 Å². The van der Waals surface area contributed by atoms with Gasteiger partial charge in [-0.25, -0.2) is 8.42 Å². The first kappa shape index (κ1) is 18.9. The summed E-state index contributed by atoms with van der Waals surface area (Å²) in [6, 6.07) is 6.48. The van der Waals surface area contributed by atoms with Crippen LogP contribution in [0.5, 0.6) is 0 Å². The van der Waals surface area contributed by atoms with Gasteiger partial charge >= 0.3 is 5.97 Å². The van der Waals surface area contributed by atoms with Crippen LogP contribution in [-0.2, 0) is 24.1 Å². The molecule has 1 saturated heterocycles. The van der Waals surface area contributed by atoms with Gasteiger partial charge in [-0.3, -0.25) is 4.79 Å². The number of sulfone groups is 1. The molecule has 3 atom stereocenters. The zero-order chi connectivity index (χ0) is 18.0.